The van der Waals surface area contributed by atoms with E-state index in [-0.39, 0.29) is 43.1 Å². The molecule has 330 valence electrons. The van der Waals surface area contributed by atoms with Crippen LogP contribution in [0.25, 0.3) is 0 Å². The average molecular weight is 824 g/mol. The molecule has 1 aliphatic carbocycles. The van der Waals surface area contributed by atoms with Crippen LogP contribution in [0.15, 0.2) is 4.99 Å². The van der Waals surface area contributed by atoms with Gasteiger partial charge in [0.25, 0.3) is 0 Å². The van der Waals surface area contributed by atoms with Crippen molar-refractivity contribution < 1.29 is 43.5 Å². The minimum atomic E-state index is -1.45. The minimum absolute atomic E-state index is 0.0107. The number of primary amides is 1. The fourth-order valence-electron chi connectivity index (χ4n) is 6.49. The number of aliphatic imine (C=N–C) groups is 1. The van der Waals surface area contributed by atoms with E-state index in [0.29, 0.717) is 19.3 Å². The Morgan fingerprint density at radius 3 is 1.69 bits per heavy atom. The summed E-state index contributed by atoms with van der Waals surface area (Å²) in [7, 11) is 0. The number of nitrogens with one attached hydrogen (secondary N) is 7. The SMILES string of the molecule is CC[C@@H](C)[C@H](NC(=O)[C@H](C)NC(=O)[C@H](CCCN=C(N)N)NC(=O)[C@H](CC1CCCCC1)NC(C)=O)C(=O)N[C@@H](C)C(=O)N[C@@H](CO)C(=O)N[C@@H](CC(C)C)C(N)=O. The fourth-order valence-corrected chi connectivity index (χ4v) is 6.49. The summed E-state index contributed by atoms with van der Waals surface area (Å²) in [5.41, 5.74) is 16.3. The van der Waals surface area contributed by atoms with E-state index in [4.69, 9.17) is 17.2 Å². The molecule has 0 aromatic carbocycles. The topological polar surface area (TPSA) is 331 Å². The summed E-state index contributed by atoms with van der Waals surface area (Å²) >= 11 is 0. The van der Waals surface area contributed by atoms with E-state index in [1.165, 1.54) is 20.8 Å². The molecule has 8 atom stereocenters. The molecule has 8 amide bonds. The molecular weight excluding hydrogens is 754 g/mol. The maximum Gasteiger partial charge on any atom is 0.245 e. The lowest BCUT2D eigenvalue weighted by Crippen LogP contribution is -2.60. The lowest BCUT2D eigenvalue weighted by Gasteiger charge is -2.29. The Bertz CT molecular complexity index is 1430. The largest absolute Gasteiger partial charge is 0.394 e. The monoisotopic (exact) mass is 824 g/mol. The number of nitrogens with zero attached hydrogens (tertiary/aromatic N) is 1. The van der Waals surface area contributed by atoms with Gasteiger partial charge in [-0.1, -0.05) is 66.2 Å². The van der Waals surface area contributed by atoms with Crippen molar-refractivity contribution in [2.24, 2.45) is 39.9 Å². The standard InChI is InChI=1S/C38H69N11O9/c1-8-21(4)30(37(58)44-22(5)32(53)48-29(19-50)36(57)47-27(31(39)52)17-20(2)3)49-33(54)23(6)43-34(55)26(15-12-16-42-38(40)41)46-35(56)28(45-24(7)51)18-25-13-10-9-11-14-25/h20-23,25-30,50H,8-19H2,1-7H3,(H2,39,52)(H,43,55)(H,44,58)(H,45,51)(H,46,56)(H,47,57)(H,48,53)(H,49,54)(H4,40,41,42)/t21-,22+,23+,26+,27+,28+,29+,30+/m1/s1. The maximum absolute atomic E-state index is 13.6. The van der Waals surface area contributed by atoms with E-state index >= 15 is 0 Å². The van der Waals surface area contributed by atoms with Crippen LogP contribution in [0.4, 0.5) is 0 Å². The number of aliphatic hydroxyl groups is 1. The van der Waals surface area contributed by atoms with Crippen molar-refractivity contribution in [3.8, 4) is 0 Å². The highest BCUT2D eigenvalue weighted by Crippen LogP contribution is 2.27. The number of guanidine groups is 1. The predicted octanol–water partition coefficient (Wildman–Crippen LogP) is -1.97. The number of nitrogens with two attached hydrogens (primary N) is 3. The van der Waals surface area contributed by atoms with Crippen molar-refractivity contribution >= 4 is 53.2 Å². The molecule has 0 heterocycles. The van der Waals surface area contributed by atoms with Crippen molar-refractivity contribution in [3.05, 3.63) is 0 Å². The second-order valence-corrected chi connectivity index (χ2v) is 15.7. The summed E-state index contributed by atoms with van der Waals surface area (Å²) in [6.07, 6.45) is 6.53. The van der Waals surface area contributed by atoms with Crippen molar-refractivity contribution in [3.63, 3.8) is 0 Å². The molecule has 1 saturated carbocycles. The van der Waals surface area contributed by atoms with Crippen LogP contribution in [0.5, 0.6) is 0 Å². The number of amides is 8. The van der Waals surface area contributed by atoms with E-state index in [0.717, 1.165) is 32.1 Å². The van der Waals surface area contributed by atoms with Crippen LogP contribution >= 0.6 is 0 Å². The van der Waals surface area contributed by atoms with Crippen LogP contribution in [-0.2, 0) is 38.4 Å². The van der Waals surface area contributed by atoms with E-state index < -0.39 is 96.2 Å². The molecule has 58 heavy (non-hydrogen) atoms. The Labute approximate surface area is 341 Å². The number of hydrogen-bond acceptors (Lipinski definition) is 10. The first-order valence-corrected chi connectivity index (χ1v) is 20.2. The molecule has 0 bridgehead atoms. The Hall–Kier alpha value is -5.01. The van der Waals surface area contributed by atoms with Gasteiger partial charge in [0, 0.05) is 13.5 Å². The number of aliphatic hydroxyl groups excluding tert-OH is 1. The highest BCUT2D eigenvalue weighted by Gasteiger charge is 2.34. The van der Waals surface area contributed by atoms with Crippen LogP contribution in [-0.4, -0.2) is 114 Å². The average Bonchev–Trinajstić information content (AvgIpc) is 3.15. The van der Waals surface area contributed by atoms with E-state index in [9.17, 15) is 43.5 Å². The molecule has 20 heteroatoms. The first kappa shape index (κ1) is 51.0. The summed E-state index contributed by atoms with van der Waals surface area (Å²) in [5, 5.41) is 27.8. The van der Waals surface area contributed by atoms with Crippen LogP contribution in [0.3, 0.4) is 0 Å². The lowest BCUT2D eigenvalue weighted by atomic mass is 9.84. The van der Waals surface area contributed by atoms with Crippen LogP contribution in [0.2, 0.25) is 0 Å². The zero-order chi connectivity index (χ0) is 44.1. The van der Waals surface area contributed by atoms with E-state index in [2.05, 4.69) is 42.2 Å². The van der Waals surface area contributed by atoms with E-state index in [1.54, 1.807) is 13.8 Å². The molecule has 0 aromatic rings. The summed E-state index contributed by atoms with van der Waals surface area (Å²) in [4.78, 5) is 108. The molecular formula is C38H69N11O9. The van der Waals surface area contributed by atoms with Gasteiger partial charge in [-0.05, 0) is 57.3 Å². The van der Waals surface area contributed by atoms with Crippen molar-refractivity contribution in [2.75, 3.05) is 13.2 Å². The van der Waals surface area contributed by atoms with Gasteiger partial charge in [0.1, 0.15) is 42.3 Å². The third-order valence-corrected chi connectivity index (χ3v) is 10.0. The third-order valence-electron chi connectivity index (χ3n) is 10.0. The number of carbonyl (C=O) groups excluding carboxylic acids is 8. The van der Waals surface area contributed by atoms with Crippen molar-refractivity contribution in [1.82, 2.24) is 37.2 Å². The van der Waals surface area contributed by atoms with Gasteiger partial charge in [0.2, 0.25) is 47.3 Å². The summed E-state index contributed by atoms with van der Waals surface area (Å²) in [5.74, 6) is -5.87. The highest BCUT2D eigenvalue weighted by atomic mass is 16.3. The Kier molecular flexibility index (Phi) is 22.9. The molecule has 0 radical (unpaired) electrons. The van der Waals surface area contributed by atoms with Gasteiger partial charge in [0.15, 0.2) is 5.96 Å². The first-order chi connectivity index (χ1) is 27.2. The van der Waals surface area contributed by atoms with E-state index in [1.807, 2.05) is 13.8 Å². The summed E-state index contributed by atoms with van der Waals surface area (Å²) in [6.45, 7) is 10.6. The van der Waals surface area contributed by atoms with Gasteiger partial charge < -0.3 is 59.5 Å². The number of hydrogen-bond donors (Lipinski definition) is 11. The zero-order valence-electron chi connectivity index (χ0n) is 35.2. The van der Waals surface area contributed by atoms with Gasteiger partial charge in [-0.3, -0.25) is 43.3 Å². The van der Waals surface area contributed by atoms with Crippen LogP contribution in [0.1, 0.15) is 113 Å². The van der Waals surface area contributed by atoms with Gasteiger partial charge in [-0.15, -0.1) is 0 Å². The molecule has 20 nitrogen and oxygen atoms in total. The fraction of sp³-hybridized carbons (Fsp3) is 0.763. The first-order valence-electron chi connectivity index (χ1n) is 20.2. The molecule has 0 unspecified atom stereocenters. The predicted molar refractivity (Wildman–Crippen MR) is 217 cm³/mol. The number of rotatable bonds is 25. The molecule has 1 fully saturated rings. The number of carbonyl (C=O) groups is 8. The molecule has 0 saturated heterocycles. The highest BCUT2D eigenvalue weighted by molar-refractivity contribution is 5.97. The van der Waals surface area contributed by atoms with Crippen molar-refractivity contribution in [1.29, 1.82) is 0 Å². The van der Waals surface area contributed by atoms with Gasteiger partial charge in [-0.2, -0.15) is 0 Å². The normalized spacial score (nSPS) is 17.1. The Morgan fingerprint density at radius 1 is 0.655 bits per heavy atom. The molecule has 0 aliphatic heterocycles. The maximum atomic E-state index is 13.6. The molecule has 0 spiro atoms. The zero-order valence-corrected chi connectivity index (χ0v) is 35.2. The van der Waals surface area contributed by atoms with Gasteiger partial charge in [-0.25, -0.2) is 0 Å². The quantitative estimate of drug-likeness (QED) is 0.0273. The lowest BCUT2D eigenvalue weighted by molar-refractivity contribution is -0.136. The van der Waals surface area contributed by atoms with Crippen LogP contribution < -0.4 is 54.4 Å². The second kappa shape index (κ2) is 26.1. The minimum Gasteiger partial charge on any atom is -0.394 e. The molecule has 0 aromatic heterocycles. The third kappa shape index (κ3) is 19.0. The Morgan fingerprint density at radius 2 is 1.17 bits per heavy atom. The second-order valence-electron chi connectivity index (χ2n) is 15.7. The molecule has 1 rings (SSSR count). The summed E-state index contributed by atoms with van der Waals surface area (Å²) < 4.78 is 0. The smallest absolute Gasteiger partial charge is 0.245 e. The summed E-state index contributed by atoms with van der Waals surface area (Å²) in [6, 6.07) is -8.07. The van der Waals surface area contributed by atoms with Crippen molar-refractivity contribution in [2.45, 2.75) is 155 Å². The Balaban J connectivity index is 3.05. The van der Waals surface area contributed by atoms with Gasteiger partial charge >= 0.3 is 0 Å². The van der Waals surface area contributed by atoms with Gasteiger partial charge in [0.05, 0.1) is 6.61 Å². The van der Waals surface area contributed by atoms with Crippen LogP contribution in [0, 0.1) is 17.8 Å². The molecule has 1 aliphatic rings. The molecule has 14 N–H and O–H groups in total.